The molecule has 2 N–H and O–H groups in total. The van der Waals surface area contributed by atoms with Gasteiger partial charge in [0.05, 0.1) is 18.6 Å². The maximum absolute atomic E-state index is 9.14. The molecule has 0 fully saturated rings. The van der Waals surface area contributed by atoms with Gasteiger partial charge in [-0.3, -0.25) is 0 Å². The van der Waals surface area contributed by atoms with E-state index in [1.165, 1.54) is 33.4 Å². The molecule has 0 saturated heterocycles. The summed E-state index contributed by atoms with van der Waals surface area (Å²) in [6.45, 7) is 4.77. The Balaban J connectivity index is 1.77. The average Bonchev–Trinajstić information content (AvgIpc) is 3.16. The Morgan fingerprint density at radius 3 is 1.34 bits per heavy atom. The number of aliphatic hydroxyl groups excluding tert-OH is 2. The number of ether oxygens (including phenoxy) is 2. The first-order valence-electron chi connectivity index (χ1n) is 12.0. The van der Waals surface area contributed by atoms with Crippen molar-refractivity contribution < 1.29 is 19.7 Å². The molecule has 1 aliphatic rings. The first-order chi connectivity index (χ1) is 17.1. The Bertz CT molecular complexity index is 1220. The van der Waals surface area contributed by atoms with Crippen LogP contribution in [0.25, 0.3) is 11.1 Å². The van der Waals surface area contributed by atoms with Gasteiger partial charge < -0.3 is 19.7 Å². The van der Waals surface area contributed by atoms with Crippen molar-refractivity contribution in [2.24, 2.45) is 0 Å². The van der Waals surface area contributed by atoms with Gasteiger partial charge in [-0.05, 0) is 71.5 Å². The molecule has 4 heteroatoms. The van der Waals surface area contributed by atoms with E-state index in [2.05, 4.69) is 74.5 Å². The SMILES string of the molecule is Cc1ccc2c(c1)C(c1ccc(OCCO)cc1)(c1ccc(OCCO)cc1)c1cc(C)ccc1-2. The highest BCUT2D eigenvalue weighted by atomic mass is 16.5. The summed E-state index contributed by atoms with van der Waals surface area (Å²) in [7, 11) is 0. The number of aryl methyl sites for hydroxylation is 2. The molecule has 4 nitrogen and oxygen atoms in total. The molecule has 0 heterocycles. The largest absolute Gasteiger partial charge is 0.491 e. The molecule has 5 rings (SSSR count). The zero-order valence-electron chi connectivity index (χ0n) is 20.1. The van der Waals surface area contributed by atoms with Crippen LogP contribution in [0, 0.1) is 13.8 Å². The van der Waals surface area contributed by atoms with E-state index in [1.54, 1.807) is 0 Å². The molecule has 0 amide bonds. The standard InChI is InChI=1S/C31H30O4/c1-21-3-13-27-28-14-4-22(2)20-30(28)31(29(27)19-21,23-5-9-25(10-6-23)34-17-15-32)24-7-11-26(12-8-24)35-18-16-33/h3-14,19-20,32-33H,15-18H2,1-2H3. The van der Waals surface area contributed by atoms with Crippen LogP contribution in [-0.4, -0.2) is 36.6 Å². The fourth-order valence-corrected chi connectivity index (χ4v) is 5.27. The van der Waals surface area contributed by atoms with Crippen LogP contribution in [-0.2, 0) is 5.41 Å². The number of hydrogen-bond donors (Lipinski definition) is 2. The lowest BCUT2D eigenvalue weighted by molar-refractivity contribution is 0.201. The van der Waals surface area contributed by atoms with Crippen LogP contribution in [0.15, 0.2) is 84.9 Å². The number of hydrogen-bond acceptors (Lipinski definition) is 4. The Morgan fingerprint density at radius 1 is 0.571 bits per heavy atom. The topological polar surface area (TPSA) is 58.9 Å². The lowest BCUT2D eigenvalue weighted by Gasteiger charge is -2.34. The summed E-state index contributed by atoms with van der Waals surface area (Å²) < 4.78 is 11.3. The normalized spacial score (nSPS) is 13.3. The summed E-state index contributed by atoms with van der Waals surface area (Å²) in [5, 5.41) is 18.3. The van der Waals surface area contributed by atoms with Crippen molar-refractivity contribution in [3.63, 3.8) is 0 Å². The zero-order valence-corrected chi connectivity index (χ0v) is 20.1. The van der Waals surface area contributed by atoms with Crippen LogP contribution in [0.5, 0.6) is 11.5 Å². The first-order valence-corrected chi connectivity index (χ1v) is 12.0. The molecule has 4 aromatic rings. The first kappa shape index (κ1) is 23.2. The van der Waals surface area contributed by atoms with E-state index in [-0.39, 0.29) is 26.4 Å². The van der Waals surface area contributed by atoms with E-state index in [0.717, 1.165) is 22.6 Å². The third kappa shape index (κ3) is 3.99. The second-order valence-corrected chi connectivity index (χ2v) is 9.04. The van der Waals surface area contributed by atoms with Crippen LogP contribution in [0.3, 0.4) is 0 Å². The summed E-state index contributed by atoms with van der Waals surface area (Å²) in [5.74, 6) is 1.47. The van der Waals surface area contributed by atoms with Crippen molar-refractivity contribution in [3.05, 3.63) is 118 Å². The molecule has 0 saturated carbocycles. The molecule has 1 aliphatic carbocycles. The smallest absolute Gasteiger partial charge is 0.119 e. The molecular formula is C31H30O4. The van der Waals surface area contributed by atoms with E-state index >= 15 is 0 Å². The second-order valence-electron chi connectivity index (χ2n) is 9.04. The van der Waals surface area contributed by atoms with Crippen LogP contribution in [0.4, 0.5) is 0 Å². The quantitative estimate of drug-likeness (QED) is 0.321. The van der Waals surface area contributed by atoms with Crippen molar-refractivity contribution in [1.82, 2.24) is 0 Å². The van der Waals surface area contributed by atoms with Gasteiger partial charge in [-0.1, -0.05) is 71.8 Å². The predicted molar refractivity (Wildman–Crippen MR) is 138 cm³/mol. The zero-order chi connectivity index (χ0) is 24.4. The monoisotopic (exact) mass is 466 g/mol. The van der Waals surface area contributed by atoms with Crippen LogP contribution >= 0.6 is 0 Å². The molecule has 178 valence electrons. The summed E-state index contributed by atoms with van der Waals surface area (Å²) in [4.78, 5) is 0. The highest BCUT2D eigenvalue weighted by Gasteiger charge is 2.46. The molecule has 0 bridgehead atoms. The number of fused-ring (bicyclic) bond motifs is 3. The minimum Gasteiger partial charge on any atom is -0.491 e. The van der Waals surface area contributed by atoms with Crippen molar-refractivity contribution in [2.45, 2.75) is 19.3 Å². The lowest BCUT2D eigenvalue weighted by Crippen LogP contribution is -2.28. The summed E-state index contributed by atoms with van der Waals surface area (Å²) in [6, 6.07) is 29.9. The molecule has 0 aromatic heterocycles. The van der Waals surface area contributed by atoms with Crippen LogP contribution < -0.4 is 9.47 Å². The second kappa shape index (κ2) is 9.57. The van der Waals surface area contributed by atoms with Gasteiger partial charge in [0.15, 0.2) is 0 Å². The highest BCUT2D eigenvalue weighted by molar-refractivity contribution is 5.86. The maximum atomic E-state index is 9.14. The molecule has 4 aromatic carbocycles. The highest BCUT2D eigenvalue weighted by Crippen LogP contribution is 2.56. The Kier molecular flexibility index (Phi) is 6.33. The van der Waals surface area contributed by atoms with Gasteiger partial charge in [0.1, 0.15) is 24.7 Å². The Morgan fingerprint density at radius 2 is 0.971 bits per heavy atom. The summed E-state index contributed by atoms with van der Waals surface area (Å²) in [6.07, 6.45) is 0. The van der Waals surface area contributed by atoms with Gasteiger partial charge in [0, 0.05) is 0 Å². The minimum atomic E-state index is -0.506. The molecular weight excluding hydrogens is 436 g/mol. The van der Waals surface area contributed by atoms with Gasteiger partial charge in [0.25, 0.3) is 0 Å². The number of rotatable bonds is 8. The lowest BCUT2D eigenvalue weighted by atomic mass is 9.67. The van der Waals surface area contributed by atoms with E-state index < -0.39 is 5.41 Å². The van der Waals surface area contributed by atoms with Gasteiger partial charge in [-0.25, -0.2) is 0 Å². The van der Waals surface area contributed by atoms with Gasteiger partial charge >= 0.3 is 0 Å². The molecule has 0 unspecified atom stereocenters. The predicted octanol–water partition coefficient (Wildman–Crippen LogP) is 5.41. The Labute approximate surface area is 206 Å². The van der Waals surface area contributed by atoms with Crippen molar-refractivity contribution >= 4 is 0 Å². The summed E-state index contributed by atoms with van der Waals surface area (Å²) in [5.41, 5.74) is 9.21. The fraction of sp³-hybridized carbons (Fsp3) is 0.226. The molecule has 0 aliphatic heterocycles. The Hall–Kier alpha value is -3.60. The van der Waals surface area contributed by atoms with E-state index in [4.69, 9.17) is 19.7 Å². The van der Waals surface area contributed by atoms with Crippen LogP contribution in [0.2, 0.25) is 0 Å². The van der Waals surface area contributed by atoms with Gasteiger partial charge in [0.2, 0.25) is 0 Å². The van der Waals surface area contributed by atoms with Gasteiger partial charge in [-0.15, -0.1) is 0 Å². The third-order valence-corrected chi connectivity index (χ3v) is 6.74. The van der Waals surface area contributed by atoms with E-state index in [1.807, 2.05) is 24.3 Å². The maximum Gasteiger partial charge on any atom is 0.119 e. The average molecular weight is 467 g/mol. The molecule has 0 spiro atoms. The van der Waals surface area contributed by atoms with Crippen molar-refractivity contribution in [3.8, 4) is 22.6 Å². The third-order valence-electron chi connectivity index (χ3n) is 6.74. The van der Waals surface area contributed by atoms with Crippen molar-refractivity contribution in [1.29, 1.82) is 0 Å². The van der Waals surface area contributed by atoms with E-state index in [0.29, 0.717) is 0 Å². The number of benzene rings is 4. The van der Waals surface area contributed by atoms with Crippen molar-refractivity contribution in [2.75, 3.05) is 26.4 Å². The molecule has 35 heavy (non-hydrogen) atoms. The molecule has 0 atom stereocenters. The fourth-order valence-electron chi connectivity index (χ4n) is 5.27. The van der Waals surface area contributed by atoms with Gasteiger partial charge in [-0.2, -0.15) is 0 Å². The minimum absolute atomic E-state index is 0.0182. The summed E-state index contributed by atoms with van der Waals surface area (Å²) >= 11 is 0. The molecule has 0 radical (unpaired) electrons. The van der Waals surface area contributed by atoms with Crippen LogP contribution in [0.1, 0.15) is 33.4 Å². The van der Waals surface area contributed by atoms with E-state index in [9.17, 15) is 0 Å². The number of aliphatic hydroxyl groups is 2.